The van der Waals surface area contributed by atoms with Gasteiger partial charge in [0.1, 0.15) is 0 Å². The summed E-state index contributed by atoms with van der Waals surface area (Å²) in [6.45, 7) is 6.55. The Hall–Kier alpha value is -5.50. The Bertz CT molecular complexity index is 1930. The van der Waals surface area contributed by atoms with Gasteiger partial charge >= 0.3 is 0 Å². The van der Waals surface area contributed by atoms with Crippen LogP contribution in [0.3, 0.4) is 0 Å². The summed E-state index contributed by atoms with van der Waals surface area (Å²) in [5, 5.41) is 7.42. The summed E-state index contributed by atoms with van der Waals surface area (Å²) in [6, 6.07) is 25.5. The van der Waals surface area contributed by atoms with Gasteiger partial charge in [0, 0.05) is 70.7 Å². The van der Waals surface area contributed by atoms with E-state index >= 15 is 0 Å². The number of aromatic nitrogens is 4. The normalized spacial score (nSPS) is 11.0. The van der Waals surface area contributed by atoms with Crippen molar-refractivity contribution in [2.24, 2.45) is 7.05 Å². The molecule has 0 spiro atoms. The maximum Gasteiger partial charge on any atom is 0.255 e. The van der Waals surface area contributed by atoms with Crippen molar-refractivity contribution in [2.45, 2.75) is 20.8 Å². The molecule has 0 atom stereocenters. The number of ether oxygens (including phenoxy) is 1. The van der Waals surface area contributed by atoms with Crippen molar-refractivity contribution in [2.75, 3.05) is 17.2 Å². The minimum absolute atomic E-state index is 0.207. The number of benzene rings is 3. The van der Waals surface area contributed by atoms with Crippen LogP contribution in [0.2, 0.25) is 0 Å². The average molecular weight is 569 g/mol. The number of hydrogen-bond donors (Lipinski definition) is 2. The lowest BCUT2D eigenvalue weighted by atomic mass is 10.1. The molecule has 3 aromatic heterocycles. The van der Waals surface area contributed by atoms with Crippen LogP contribution in [0.15, 0.2) is 97.5 Å². The van der Waals surface area contributed by atoms with Crippen LogP contribution < -0.4 is 15.4 Å². The lowest BCUT2D eigenvalue weighted by Crippen LogP contribution is -2.12. The number of carbonyl (C=O) groups excluding carboxylic acids is 1. The Labute approximate surface area is 250 Å². The van der Waals surface area contributed by atoms with Crippen LogP contribution in [0.25, 0.3) is 33.3 Å². The monoisotopic (exact) mass is 568 g/mol. The van der Waals surface area contributed by atoms with Crippen LogP contribution >= 0.6 is 0 Å². The Balaban J connectivity index is 1.21. The molecular weight excluding hydrogens is 536 g/mol. The molecule has 0 fully saturated rings. The van der Waals surface area contributed by atoms with Gasteiger partial charge in [0.2, 0.25) is 11.8 Å². The predicted octanol–water partition coefficient (Wildman–Crippen LogP) is 7.71. The molecule has 0 radical (unpaired) electrons. The fourth-order valence-corrected chi connectivity index (χ4v) is 4.99. The van der Waals surface area contributed by atoms with Gasteiger partial charge in [-0.25, -0.2) is 15.0 Å². The van der Waals surface area contributed by atoms with E-state index in [9.17, 15) is 4.79 Å². The number of fused-ring (bicyclic) bond motifs is 1. The lowest BCUT2D eigenvalue weighted by Gasteiger charge is -2.12. The number of amides is 1. The van der Waals surface area contributed by atoms with Crippen molar-refractivity contribution in [3.8, 4) is 28.3 Å². The van der Waals surface area contributed by atoms with Crippen molar-refractivity contribution in [3.05, 3.63) is 114 Å². The van der Waals surface area contributed by atoms with E-state index in [4.69, 9.17) is 4.74 Å². The van der Waals surface area contributed by atoms with E-state index in [0.29, 0.717) is 29.7 Å². The molecule has 2 N–H and O–H groups in total. The molecule has 0 bridgehead atoms. The molecular formula is C35H32N6O2. The van der Waals surface area contributed by atoms with E-state index in [0.717, 1.165) is 44.5 Å². The van der Waals surface area contributed by atoms with Crippen molar-refractivity contribution >= 4 is 34.1 Å². The van der Waals surface area contributed by atoms with Crippen molar-refractivity contribution in [3.63, 3.8) is 0 Å². The fraction of sp³-hybridized carbons (Fsp3) is 0.143. The highest BCUT2D eigenvalue weighted by atomic mass is 16.5. The summed E-state index contributed by atoms with van der Waals surface area (Å²) in [7, 11) is 1.99. The van der Waals surface area contributed by atoms with E-state index in [1.807, 2.05) is 93.8 Å². The number of pyridine rings is 1. The zero-order chi connectivity index (χ0) is 29.9. The van der Waals surface area contributed by atoms with Crippen molar-refractivity contribution < 1.29 is 9.53 Å². The average Bonchev–Trinajstić information content (AvgIpc) is 3.34. The summed E-state index contributed by atoms with van der Waals surface area (Å²) < 4.78 is 7.53. The maximum absolute atomic E-state index is 13.3. The SMILES string of the molecule is CCOc1ccc(-c2cn(C)c3cc(NC(=O)c4ccc(C)c(Nc5nccc(-c6ccc(C)cc6)n5)c4)ccc23)cn1. The van der Waals surface area contributed by atoms with Crippen LogP contribution in [0.5, 0.6) is 5.88 Å². The van der Waals surface area contributed by atoms with Crippen LogP contribution in [0, 0.1) is 13.8 Å². The van der Waals surface area contributed by atoms with Gasteiger partial charge < -0.3 is 19.9 Å². The van der Waals surface area contributed by atoms with E-state index < -0.39 is 0 Å². The highest BCUT2D eigenvalue weighted by Gasteiger charge is 2.14. The third-order valence-electron chi connectivity index (χ3n) is 7.34. The smallest absolute Gasteiger partial charge is 0.255 e. The van der Waals surface area contributed by atoms with Gasteiger partial charge in [-0.1, -0.05) is 42.0 Å². The van der Waals surface area contributed by atoms with Crippen LogP contribution in [-0.4, -0.2) is 32.0 Å². The molecule has 8 heteroatoms. The summed E-state index contributed by atoms with van der Waals surface area (Å²) in [5.41, 5.74) is 9.06. The number of anilines is 3. The fourth-order valence-electron chi connectivity index (χ4n) is 4.99. The molecule has 1 amide bonds. The van der Waals surface area contributed by atoms with E-state index in [-0.39, 0.29) is 5.91 Å². The van der Waals surface area contributed by atoms with Gasteiger partial charge in [0.15, 0.2) is 0 Å². The quantitative estimate of drug-likeness (QED) is 0.195. The number of nitrogens with one attached hydrogen (secondary N) is 2. The molecule has 6 aromatic rings. The molecule has 0 aliphatic heterocycles. The van der Waals surface area contributed by atoms with Crippen molar-refractivity contribution in [1.29, 1.82) is 0 Å². The summed E-state index contributed by atoms with van der Waals surface area (Å²) in [4.78, 5) is 26.8. The second-order valence-electron chi connectivity index (χ2n) is 10.4. The first-order chi connectivity index (χ1) is 20.9. The molecule has 3 aromatic carbocycles. The van der Waals surface area contributed by atoms with Gasteiger partial charge in [-0.3, -0.25) is 4.79 Å². The standard InChI is InChI=1S/C35H32N6O2/c1-5-43-33-15-12-26(20-37-33)29-21-41(4)32-19-27(13-14-28(29)32)38-34(42)25-11-8-23(3)31(18-25)40-35-36-17-16-30(39-35)24-9-6-22(2)7-10-24/h6-21H,5H2,1-4H3,(H,38,42)(H,36,39,40). The molecule has 0 saturated heterocycles. The number of carbonyl (C=O) groups is 1. The topological polar surface area (TPSA) is 94.0 Å². The molecule has 43 heavy (non-hydrogen) atoms. The van der Waals surface area contributed by atoms with Gasteiger partial charge in [-0.2, -0.15) is 0 Å². The van der Waals surface area contributed by atoms with Gasteiger partial charge in [0.25, 0.3) is 5.91 Å². The summed E-state index contributed by atoms with van der Waals surface area (Å²) in [5.74, 6) is 0.863. The Morgan fingerprint density at radius 3 is 2.49 bits per heavy atom. The number of aryl methyl sites for hydroxylation is 3. The molecule has 6 rings (SSSR count). The molecule has 3 heterocycles. The van der Waals surface area contributed by atoms with Crippen LogP contribution in [-0.2, 0) is 7.05 Å². The number of hydrogen-bond acceptors (Lipinski definition) is 6. The Kier molecular flexibility index (Phi) is 7.57. The number of nitrogens with zero attached hydrogens (tertiary/aromatic N) is 4. The second kappa shape index (κ2) is 11.8. The molecule has 8 nitrogen and oxygen atoms in total. The highest BCUT2D eigenvalue weighted by Crippen LogP contribution is 2.32. The highest BCUT2D eigenvalue weighted by molar-refractivity contribution is 6.06. The Morgan fingerprint density at radius 1 is 0.907 bits per heavy atom. The first kappa shape index (κ1) is 27.7. The zero-order valence-electron chi connectivity index (χ0n) is 24.6. The largest absolute Gasteiger partial charge is 0.478 e. The maximum atomic E-state index is 13.3. The molecule has 0 aliphatic rings. The van der Waals surface area contributed by atoms with Crippen LogP contribution in [0.4, 0.5) is 17.3 Å². The Morgan fingerprint density at radius 2 is 1.72 bits per heavy atom. The summed E-state index contributed by atoms with van der Waals surface area (Å²) in [6.07, 6.45) is 5.62. The third kappa shape index (κ3) is 5.94. The van der Waals surface area contributed by atoms with Crippen LogP contribution in [0.1, 0.15) is 28.4 Å². The second-order valence-corrected chi connectivity index (χ2v) is 10.4. The molecule has 214 valence electrons. The first-order valence-electron chi connectivity index (χ1n) is 14.2. The van der Waals surface area contributed by atoms with Gasteiger partial charge in [-0.05, 0) is 62.7 Å². The third-order valence-corrected chi connectivity index (χ3v) is 7.34. The van der Waals surface area contributed by atoms with Crippen molar-refractivity contribution in [1.82, 2.24) is 19.5 Å². The van der Waals surface area contributed by atoms with E-state index in [1.165, 1.54) is 5.56 Å². The molecule has 0 aliphatic carbocycles. The minimum Gasteiger partial charge on any atom is -0.478 e. The molecule has 0 unspecified atom stereocenters. The minimum atomic E-state index is -0.207. The summed E-state index contributed by atoms with van der Waals surface area (Å²) >= 11 is 0. The number of rotatable bonds is 8. The lowest BCUT2D eigenvalue weighted by molar-refractivity contribution is 0.102. The van der Waals surface area contributed by atoms with Gasteiger partial charge in [-0.15, -0.1) is 0 Å². The molecule has 0 saturated carbocycles. The van der Waals surface area contributed by atoms with E-state index in [2.05, 4.69) is 55.4 Å². The first-order valence-corrected chi connectivity index (χ1v) is 14.2. The predicted molar refractivity (Wildman–Crippen MR) is 172 cm³/mol. The zero-order valence-corrected chi connectivity index (χ0v) is 24.6. The van der Waals surface area contributed by atoms with E-state index in [1.54, 1.807) is 6.20 Å². The van der Waals surface area contributed by atoms with Gasteiger partial charge in [0.05, 0.1) is 17.8 Å².